The number of anilines is 2. The van der Waals surface area contributed by atoms with Gasteiger partial charge in [-0.2, -0.15) is 0 Å². The first-order valence-electron chi connectivity index (χ1n) is 8.32. The van der Waals surface area contributed by atoms with E-state index in [0.29, 0.717) is 16.5 Å². The summed E-state index contributed by atoms with van der Waals surface area (Å²) >= 11 is 12.0. The number of hydrogen-bond acceptors (Lipinski definition) is 4. The van der Waals surface area contributed by atoms with E-state index in [0.717, 1.165) is 0 Å². The first-order valence-corrected chi connectivity index (χ1v) is 10.6. The van der Waals surface area contributed by atoms with Crippen LogP contribution in [-0.2, 0) is 10.0 Å². The van der Waals surface area contributed by atoms with Gasteiger partial charge in [0.05, 0.1) is 28.3 Å². The highest BCUT2D eigenvalue weighted by Crippen LogP contribution is 2.26. The molecule has 3 aromatic rings. The minimum atomic E-state index is -3.91. The van der Waals surface area contributed by atoms with Crippen LogP contribution in [0.3, 0.4) is 0 Å². The van der Waals surface area contributed by atoms with E-state index in [1.807, 2.05) is 0 Å². The van der Waals surface area contributed by atoms with E-state index in [9.17, 15) is 13.2 Å². The Hall–Kier alpha value is -2.74. The highest BCUT2D eigenvalue weighted by atomic mass is 35.5. The highest BCUT2D eigenvalue weighted by molar-refractivity contribution is 7.92. The summed E-state index contributed by atoms with van der Waals surface area (Å²) in [6.07, 6.45) is 0. The molecular weight excluding hydrogens is 435 g/mol. The maximum atomic E-state index is 12.7. The Morgan fingerprint density at radius 3 is 2.45 bits per heavy atom. The average Bonchev–Trinajstić information content (AvgIpc) is 2.70. The molecule has 0 saturated heterocycles. The van der Waals surface area contributed by atoms with E-state index in [-0.39, 0.29) is 21.2 Å². The molecule has 6 nitrogen and oxygen atoms in total. The van der Waals surface area contributed by atoms with Crippen LogP contribution in [0.15, 0.2) is 71.6 Å². The summed E-state index contributed by atoms with van der Waals surface area (Å²) in [6, 6.07) is 17.0. The van der Waals surface area contributed by atoms with Crippen molar-refractivity contribution in [2.24, 2.45) is 0 Å². The van der Waals surface area contributed by atoms with Crippen molar-refractivity contribution in [3.63, 3.8) is 0 Å². The molecule has 0 radical (unpaired) electrons. The molecule has 3 rings (SSSR count). The number of rotatable bonds is 6. The van der Waals surface area contributed by atoms with Gasteiger partial charge in [-0.15, -0.1) is 0 Å². The lowest BCUT2D eigenvalue weighted by atomic mass is 10.2. The number of para-hydroxylation sites is 1. The average molecular weight is 451 g/mol. The van der Waals surface area contributed by atoms with Gasteiger partial charge in [0.25, 0.3) is 15.9 Å². The molecule has 0 aliphatic heterocycles. The third-order valence-corrected chi connectivity index (χ3v) is 5.85. The van der Waals surface area contributed by atoms with Crippen LogP contribution >= 0.6 is 23.2 Å². The molecule has 1 amide bonds. The Morgan fingerprint density at radius 2 is 1.72 bits per heavy atom. The van der Waals surface area contributed by atoms with E-state index in [2.05, 4.69) is 10.0 Å². The van der Waals surface area contributed by atoms with Crippen LogP contribution in [0.4, 0.5) is 11.4 Å². The second-order valence-corrected chi connectivity index (χ2v) is 8.44. The lowest BCUT2D eigenvalue weighted by molar-refractivity contribution is 0.102. The largest absolute Gasteiger partial charge is 0.496 e. The van der Waals surface area contributed by atoms with Crippen LogP contribution in [0.1, 0.15) is 10.4 Å². The number of methoxy groups -OCH3 is 1. The first kappa shape index (κ1) is 21.0. The zero-order valence-electron chi connectivity index (χ0n) is 15.1. The molecule has 29 heavy (non-hydrogen) atoms. The standard InChI is InChI=1S/C20H16Cl2N2O4S/c1-28-19-10-9-13(21)11-16(19)20(25)23-14-5-4-6-15(12-14)29(26,27)24-18-8-3-2-7-17(18)22/h2-12,24H,1H3,(H,23,25). The molecular formula is C20H16Cl2N2O4S. The molecule has 9 heteroatoms. The van der Waals surface area contributed by atoms with Gasteiger partial charge >= 0.3 is 0 Å². The van der Waals surface area contributed by atoms with Crippen molar-refractivity contribution in [1.82, 2.24) is 0 Å². The van der Waals surface area contributed by atoms with Crippen LogP contribution in [0, 0.1) is 0 Å². The van der Waals surface area contributed by atoms with Crippen molar-refractivity contribution in [1.29, 1.82) is 0 Å². The van der Waals surface area contributed by atoms with Crippen molar-refractivity contribution in [3.8, 4) is 5.75 Å². The number of benzene rings is 3. The fourth-order valence-corrected chi connectivity index (χ4v) is 4.08. The van der Waals surface area contributed by atoms with Crippen LogP contribution in [0.25, 0.3) is 0 Å². The molecule has 0 bridgehead atoms. The molecule has 0 spiro atoms. The Balaban J connectivity index is 1.85. The van der Waals surface area contributed by atoms with Crippen LogP contribution in [0.5, 0.6) is 5.75 Å². The Morgan fingerprint density at radius 1 is 0.966 bits per heavy atom. The number of sulfonamides is 1. The number of hydrogen-bond donors (Lipinski definition) is 2. The van der Waals surface area contributed by atoms with E-state index < -0.39 is 15.9 Å². The van der Waals surface area contributed by atoms with Gasteiger partial charge in [0, 0.05) is 10.7 Å². The summed E-state index contributed by atoms with van der Waals surface area (Å²) in [4.78, 5) is 12.6. The van der Waals surface area contributed by atoms with Gasteiger partial charge in [0.15, 0.2) is 0 Å². The summed E-state index contributed by atoms with van der Waals surface area (Å²) in [6.45, 7) is 0. The van der Waals surface area contributed by atoms with Gasteiger partial charge in [0.2, 0.25) is 0 Å². The molecule has 0 aliphatic carbocycles. The third-order valence-electron chi connectivity index (χ3n) is 3.93. The van der Waals surface area contributed by atoms with Crippen molar-refractivity contribution in [2.45, 2.75) is 4.90 Å². The molecule has 0 aromatic heterocycles. The van der Waals surface area contributed by atoms with Gasteiger partial charge in [-0.1, -0.05) is 41.4 Å². The fraction of sp³-hybridized carbons (Fsp3) is 0.0500. The fourth-order valence-electron chi connectivity index (χ4n) is 2.54. The van der Waals surface area contributed by atoms with Crippen molar-refractivity contribution >= 4 is 50.5 Å². The predicted molar refractivity (Wildman–Crippen MR) is 115 cm³/mol. The second-order valence-electron chi connectivity index (χ2n) is 5.91. The predicted octanol–water partition coefficient (Wildman–Crippen LogP) is 5.06. The zero-order valence-corrected chi connectivity index (χ0v) is 17.5. The quantitative estimate of drug-likeness (QED) is 0.549. The van der Waals surface area contributed by atoms with Crippen molar-refractivity contribution < 1.29 is 17.9 Å². The normalized spacial score (nSPS) is 11.0. The first-order chi connectivity index (χ1) is 13.8. The molecule has 2 N–H and O–H groups in total. The van der Waals surface area contributed by atoms with Crippen LogP contribution in [0.2, 0.25) is 10.0 Å². The van der Waals surface area contributed by atoms with Gasteiger partial charge in [0.1, 0.15) is 5.75 Å². The van der Waals surface area contributed by atoms with E-state index in [4.69, 9.17) is 27.9 Å². The maximum Gasteiger partial charge on any atom is 0.262 e. The molecule has 0 unspecified atom stereocenters. The topological polar surface area (TPSA) is 84.5 Å². The summed E-state index contributed by atoms with van der Waals surface area (Å²) in [5, 5.41) is 3.30. The molecule has 0 saturated carbocycles. The monoisotopic (exact) mass is 450 g/mol. The number of halogens is 2. The minimum absolute atomic E-state index is 0.0340. The number of ether oxygens (including phenoxy) is 1. The lowest BCUT2D eigenvalue weighted by Gasteiger charge is -2.12. The van der Waals surface area contributed by atoms with Gasteiger partial charge in [-0.3, -0.25) is 9.52 Å². The summed E-state index contributed by atoms with van der Waals surface area (Å²) < 4.78 is 33.0. The SMILES string of the molecule is COc1ccc(Cl)cc1C(=O)Nc1cccc(S(=O)(=O)Nc2ccccc2Cl)c1. The molecule has 0 atom stereocenters. The maximum absolute atomic E-state index is 12.7. The lowest BCUT2D eigenvalue weighted by Crippen LogP contribution is -2.15. The summed E-state index contributed by atoms with van der Waals surface area (Å²) in [7, 11) is -2.47. The Labute approximate surface area is 178 Å². The van der Waals surface area contributed by atoms with Gasteiger partial charge < -0.3 is 10.1 Å². The number of nitrogens with one attached hydrogen (secondary N) is 2. The zero-order chi connectivity index (χ0) is 21.0. The van der Waals surface area contributed by atoms with Gasteiger partial charge in [-0.05, 0) is 48.5 Å². The van der Waals surface area contributed by atoms with Crippen LogP contribution in [-0.4, -0.2) is 21.4 Å². The highest BCUT2D eigenvalue weighted by Gasteiger charge is 2.18. The summed E-state index contributed by atoms with van der Waals surface area (Å²) in [5.74, 6) is -0.144. The van der Waals surface area contributed by atoms with Gasteiger partial charge in [-0.25, -0.2) is 8.42 Å². The Kier molecular flexibility index (Phi) is 6.32. The van der Waals surface area contributed by atoms with E-state index >= 15 is 0 Å². The van der Waals surface area contributed by atoms with E-state index in [1.165, 1.54) is 31.4 Å². The summed E-state index contributed by atoms with van der Waals surface area (Å²) in [5.41, 5.74) is 0.772. The van der Waals surface area contributed by atoms with Crippen molar-refractivity contribution in [3.05, 3.63) is 82.3 Å². The number of amides is 1. The van der Waals surface area contributed by atoms with Crippen molar-refractivity contribution in [2.75, 3.05) is 17.1 Å². The minimum Gasteiger partial charge on any atom is -0.496 e. The second kappa shape index (κ2) is 8.73. The smallest absolute Gasteiger partial charge is 0.262 e. The third kappa shape index (κ3) is 5.00. The number of carbonyl (C=O) groups is 1. The molecule has 0 aliphatic rings. The molecule has 3 aromatic carbocycles. The number of carbonyl (C=O) groups excluding carboxylic acids is 1. The molecule has 150 valence electrons. The Bertz CT molecular complexity index is 1170. The molecule has 0 fully saturated rings. The van der Waals surface area contributed by atoms with Crippen LogP contribution < -0.4 is 14.8 Å². The molecule has 0 heterocycles. The van der Waals surface area contributed by atoms with E-state index in [1.54, 1.807) is 42.5 Å².